The van der Waals surface area contributed by atoms with Crippen LogP contribution in [-0.4, -0.2) is 27.4 Å². The van der Waals surface area contributed by atoms with E-state index >= 15 is 0 Å². The van der Waals surface area contributed by atoms with Crippen molar-refractivity contribution >= 4 is 0 Å². The standard InChI is InChI=1S/C17H20O4/c1-18-14-7-5-8-15(13-14)20-11-6-12-21-17-10-4-3-9-16(17)19-2/h3-5,7-10,13H,6,11-12H2,1-2H3. The first kappa shape index (κ1) is 15.0. The second kappa shape index (κ2) is 8.04. The third-order valence-electron chi connectivity index (χ3n) is 2.93. The minimum Gasteiger partial charge on any atom is -0.497 e. The van der Waals surface area contributed by atoms with Gasteiger partial charge in [-0.05, 0) is 24.3 Å². The van der Waals surface area contributed by atoms with E-state index in [9.17, 15) is 0 Å². The third kappa shape index (κ3) is 4.60. The number of hydrogen-bond acceptors (Lipinski definition) is 4. The van der Waals surface area contributed by atoms with Crippen molar-refractivity contribution in [1.29, 1.82) is 0 Å². The molecule has 0 fully saturated rings. The molecule has 4 heteroatoms. The summed E-state index contributed by atoms with van der Waals surface area (Å²) in [5, 5.41) is 0. The Balaban J connectivity index is 1.72. The van der Waals surface area contributed by atoms with Crippen LogP contribution in [0.4, 0.5) is 0 Å². The number of rotatable bonds is 8. The van der Waals surface area contributed by atoms with Crippen LogP contribution >= 0.6 is 0 Å². The molecule has 21 heavy (non-hydrogen) atoms. The molecule has 0 saturated heterocycles. The summed E-state index contributed by atoms with van der Waals surface area (Å²) in [5.41, 5.74) is 0. The smallest absolute Gasteiger partial charge is 0.161 e. The predicted molar refractivity (Wildman–Crippen MR) is 81.6 cm³/mol. The van der Waals surface area contributed by atoms with E-state index in [-0.39, 0.29) is 0 Å². The van der Waals surface area contributed by atoms with Gasteiger partial charge in [-0.3, -0.25) is 0 Å². The Kier molecular flexibility index (Phi) is 5.76. The monoisotopic (exact) mass is 288 g/mol. The van der Waals surface area contributed by atoms with Crippen molar-refractivity contribution in [3.63, 3.8) is 0 Å². The van der Waals surface area contributed by atoms with Gasteiger partial charge in [0.05, 0.1) is 27.4 Å². The summed E-state index contributed by atoms with van der Waals surface area (Å²) in [5.74, 6) is 3.08. The molecule has 112 valence electrons. The molecule has 0 radical (unpaired) electrons. The van der Waals surface area contributed by atoms with Gasteiger partial charge in [0.25, 0.3) is 0 Å². The maximum Gasteiger partial charge on any atom is 0.161 e. The summed E-state index contributed by atoms with van der Waals surface area (Å²) >= 11 is 0. The van der Waals surface area contributed by atoms with Gasteiger partial charge in [0.15, 0.2) is 11.5 Å². The fraction of sp³-hybridized carbons (Fsp3) is 0.294. The van der Waals surface area contributed by atoms with Gasteiger partial charge in [0.2, 0.25) is 0 Å². The highest BCUT2D eigenvalue weighted by atomic mass is 16.5. The molecule has 0 amide bonds. The highest BCUT2D eigenvalue weighted by Gasteiger charge is 2.02. The van der Waals surface area contributed by atoms with E-state index in [0.29, 0.717) is 13.2 Å². The lowest BCUT2D eigenvalue weighted by molar-refractivity contribution is 0.240. The van der Waals surface area contributed by atoms with E-state index in [1.807, 2.05) is 48.5 Å². The second-order valence-corrected chi connectivity index (χ2v) is 4.38. The minimum absolute atomic E-state index is 0.574. The Morgan fingerprint density at radius 2 is 1.43 bits per heavy atom. The normalized spacial score (nSPS) is 10.0. The minimum atomic E-state index is 0.574. The second-order valence-electron chi connectivity index (χ2n) is 4.38. The summed E-state index contributed by atoms with van der Waals surface area (Å²) in [6.45, 7) is 1.16. The van der Waals surface area contributed by atoms with Crippen molar-refractivity contribution in [2.24, 2.45) is 0 Å². The van der Waals surface area contributed by atoms with Gasteiger partial charge in [-0.15, -0.1) is 0 Å². The molecule has 2 aromatic carbocycles. The van der Waals surface area contributed by atoms with E-state index in [1.54, 1.807) is 14.2 Å². The molecule has 0 saturated carbocycles. The maximum absolute atomic E-state index is 5.68. The number of methoxy groups -OCH3 is 2. The predicted octanol–water partition coefficient (Wildman–Crippen LogP) is 3.55. The summed E-state index contributed by atoms with van der Waals surface area (Å²) in [7, 11) is 3.27. The number of ether oxygens (including phenoxy) is 4. The Labute approximate surface area is 125 Å². The van der Waals surface area contributed by atoms with Gasteiger partial charge in [0, 0.05) is 12.5 Å². The van der Waals surface area contributed by atoms with E-state index < -0.39 is 0 Å². The Morgan fingerprint density at radius 3 is 2.19 bits per heavy atom. The molecule has 0 atom stereocenters. The molecule has 2 aromatic rings. The van der Waals surface area contributed by atoms with Crippen molar-refractivity contribution in [2.45, 2.75) is 6.42 Å². The maximum atomic E-state index is 5.68. The van der Waals surface area contributed by atoms with Crippen molar-refractivity contribution in [3.8, 4) is 23.0 Å². The third-order valence-corrected chi connectivity index (χ3v) is 2.93. The largest absolute Gasteiger partial charge is 0.497 e. The first-order valence-electron chi connectivity index (χ1n) is 6.86. The van der Waals surface area contributed by atoms with Gasteiger partial charge < -0.3 is 18.9 Å². The van der Waals surface area contributed by atoms with Crippen LogP contribution in [0.3, 0.4) is 0 Å². The summed E-state index contributed by atoms with van der Waals surface area (Å²) in [6.07, 6.45) is 0.787. The highest BCUT2D eigenvalue weighted by molar-refractivity contribution is 5.39. The van der Waals surface area contributed by atoms with Crippen molar-refractivity contribution < 1.29 is 18.9 Å². The molecule has 0 unspecified atom stereocenters. The Morgan fingerprint density at radius 1 is 0.714 bits per heavy atom. The Bertz CT molecular complexity index is 554. The van der Waals surface area contributed by atoms with Crippen LogP contribution in [0, 0.1) is 0 Å². The fourth-order valence-corrected chi connectivity index (χ4v) is 1.86. The summed E-state index contributed by atoms with van der Waals surface area (Å²) < 4.78 is 21.7. The zero-order valence-corrected chi connectivity index (χ0v) is 12.4. The molecule has 0 aliphatic carbocycles. The van der Waals surface area contributed by atoms with E-state index in [4.69, 9.17) is 18.9 Å². The molecule has 0 N–H and O–H groups in total. The molecule has 0 aliphatic rings. The lowest BCUT2D eigenvalue weighted by Gasteiger charge is -2.11. The fourth-order valence-electron chi connectivity index (χ4n) is 1.86. The van der Waals surface area contributed by atoms with Crippen LogP contribution in [-0.2, 0) is 0 Å². The summed E-state index contributed by atoms with van der Waals surface area (Å²) in [6, 6.07) is 15.2. The molecule has 0 heterocycles. The van der Waals surface area contributed by atoms with Gasteiger partial charge in [-0.2, -0.15) is 0 Å². The molecular formula is C17H20O4. The lowest BCUT2D eigenvalue weighted by atomic mass is 10.3. The SMILES string of the molecule is COc1cccc(OCCCOc2ccccc2OC)c1. The van der Waals surface area contributed by atoms with Crippen LogP contribution < -0.4 is 18.9 Å². The molecule has 0 spiro atoms. The molecule has 0 aromatic heterocycles. The van der Waals surface area contributed by atoms with E-state index in [1.165, 1.54) is 0 Å². The molecule has 4 nitrogen and oxygen atoms in total. The van der Waals surface area contributed by atoms with Crippen molar-refractivity contribution in [1.82, 2.24) is 0 Å². The Hall–Kier alpha value is -2.36. The number of hydrogen-bond donors (Lipinski definition) is 0. The quantitative estimate of drug-likeness (QED) is 0.696. The highest BCUT2D eigenvalue weighted by Crippen LogP contribution is 2.25. The van der Waals surface area contributed by atoms with Gasteiger partial charge >= 0.3 is 0 Å². The van der Waals surface area contributed by atoms with Crippen molar-refractivity contribution in [3.05, 3.63) is 48.5 Å². The van der Waals surface area contributed by atoms with E-state index in [0.717, 1.165) is 29.4 Å². The van der Waals surface area contributed by atoms with Crippen LogP contribution in [0.5, 0.6) is 23.0 Å². The molecule has 0 bridgehead atoms. The average Bonchev–Trinajstić information content (AvgIpc) is 2.55. The van der Waals surface area contributed by atoms with Gasteiger partial charge in [0.1, 0.15) is 11.5 Å². The first-order chi connectivity index (χ1) is 10.3. The molecule has 2 rings (SSSR count). The average molecular weight is 288 g/mol. The zero-order valence-electron chi connectivity index (χ0n) is 12.4. The van der Waals surface area contributed by atoms with Crippen LogP contribution in [0.25, 0.3) is 0 Å². The molecular weight excluding hydrogens is 268 g/mol. The first-order valence-corrected chi connectivity index (χ1v) is 6.86. The lowest BCUT2D eigenvalue weighted by Crippen LogP contribution is -2.05. The summed E-state index contributed by atoms with van der Waals surface area (Å²) in [4.78, 5) is 0. The van der Waals surface area contributed by atoms with Gasteiger partial charge in [-0.1, -0.05) is 18.2 Å². The number of para-hydroxylation sites is 2. The van der Waals surface area contributed by atoms with Crippen LogP contribution in [0.1, 0.15) is 6.42 Å². The van der Waals surface area contributed by atoms with Crippen LogP contribution in [0.2, 0.25) is 0 Å². The molecule has 0 aliphatic heterocycles. The van der Waals surface area contributed by atoms with Crippen LogP contribution in [0.15, 0.2) is 48.5 Å². The topological polar surface area (TPSA) is 36.9 Å². The number of benzene rings is 2. The van der Waals surface area contributed by atoms with Gasteiger partial charge in [-0.25, -0.2) is 0 Å². The van der Waals surface area contributed by atoms with Crippen molar-refractivity contribution in [2.75, 3.05) is 27.4 Å². The zero-order chi connectivity index (χ0) is 14.9. The van der Waals surface area contributed by atoms with E-state index in [2.05, 4.69) is 0 Å².